The van der Waals surface area contributed by atoms with Gasteiger partial charge in [0.1, 0.15) is 21.7 Å². The zero-order chi connectivity index (χ0) is 12.8. The van der Waals surface area contributed by atoms with Crippen molar-refractivity contribution in [2.45, 2.75) is 17.7 Å². The average molecular weight is 280 g/mol. The van der Waals surface area contributed by atoms with E-state index in [9.17, 15) is 13.6 Å². The molecule has 1 aliphatic rings. The van der Waals surface area contributed by atoms with Gasteiger partial charge in [-0.25, -0.2) is 8.78 Å². The number of hydrogen-bond donors (Lipinski definition) is 1. The minimum absolute atomic E-state index is 0.255. The molecule has 1 N–H and O–H groups in total. The van der Waals surface area contributed by atoms with Gasteiger partial charge in [-0.15, -0.1) is 23.2 Å². The number of benzene rings is 1. The first-order valence-electron chi connectivity index (χ1n) is 4.91. The molecule has 1 aliphatic carbocycles. The number of alkyl halides is 2. The lowest BCUT2D eigenvalue weighted by Gasteiger charge is -2.13. The molecule has 1 fully saturated rings. The van der Waals surface area contributed by atoms with Crippen molar-refractivity contribution in [2.24, 2.45) is 5.41 Å². The third kappa shape index (κ3) is 2.00. The summed E-state index contributed by atoms with van der Waals surface area (Å²) in [5.41, 5.74) is -1.49. The van der Waals surface area contributed by atoms with Crippen LogP contribution in [0.15, 0.2) is 18.2 Å². The monoisotopic (exact) mass is 279 g/mol. The molecule has 17 heavy (non-hydrogen) atoms. The molecule has 1 aromatic carbocycles. The number of carbonyl (C=O) groups is 1. The Balaban J connectivity index is 2.21. The number of carbonyl (C=O) groups excluding carboxylic acids is 1. The van der Waals surface area contributed by atoms with Gasteiger partial charge in [0.2, 0.25) is 5.91 Å². The fourth-order valence-corrected chi connectivity index (χ4v) is 2.22. The molecule has 0 saturated heterocycles. The van der Waals surface area contributed by atoms with Crippen molar-refractivity contribution in [3.63, 3.8) is 0 Å². The zero-order valence-electron chi connectivity index (χ0n) is 8.86. The van der Waals surface area contributed by atoms with Gasteiger partial charge in [-0.05, 0) is 25.5 Å². The number of hydrogen-bond acceptors (Lipinski definition) is 1. The number of para-hydroxylation sites is 1. The average Bonchev–Trinajstić information content (AvgIpc) is 2.73. The Morgan fingerprint density at radius 1 is 1.35 bits per heavy atom. The lowest BCUT2D eigenvalue weighted by molar-refractivity contribution is -0.120. The molecule has 0 bridgehead atoms. The molecule has 1 amide bonds. The van der Waals surface area contributed by atoms with E-state index < -0.39 is 33.0 Å². The van der Waals surface area contributed by atoms with Crippen molar-refractivity contribution in [3.8, 4) is 0 Å². The maximum Gasteiger partial charge on any atom is 0.233 e. The highest BCUT2D eigenvalue weighted by Gasteiger charge is 2.68. The number of rotatable bonds is 2. The number of amides is 1. The summed E-state index contributed by atoms with van der Waals surface area (Å²) >= 11 is 11.6. The molecule has 2 nitrogen and oxygen atoms in total. The van der Waals surface area contributed by atoms with E-state index in [4.69, 9.17) is 23.2 Å². The smallest absolute Gasteiger partial charge is 0.233 e. The summed E-state index contributed by atoms with van der Waals surface area (Å²) in [6.45, 7) is 1.54. The van der Waals surface area contributed by atoms with Crippen LogP contribution < -0.4 is 5.32 Å². The van der Waals surface area contributed by atoms with Crippen LogP contribution in [0.5, 0.6) is 0 Å². The van der Waals surface area contributed by atoms with E-state index in [2.05, 4.69) is 5.32 Å². The van der Waals surface area contributed by atoms with Crippen LogP contribution in [-0.4, -0.2) is 10.2 Å². The topological polar surface area (TPSA) is 29.1 Å². The summed E-state index contributed by atoms with van der Waals surface area (Å²) in [7, 11) is 0. The van der Waals surface area contributed by atoms with Crippen molar-refractivity contribution < 1.29 is 13.6 Å². The number of anilines is 1. The summed E-state index contributed by atoms with van der Waals surface area (Å²) < 4.78 is 25.4. The zero-order valence-corrected chi connectivity index (χ0v) is 10.4. The van der Waals surface area contributed by atoms with E-state index in [1.807, 2.05) is 0 Å². The molecule has 1 atom stereocenters. The van der Waals surface area contributed by atoms with Crippen molar-refractivity contribution in [1.82, 2.24) is 0 Å². The Kier molecular flexibility index (Phi) is 2.83. The van der Waals surface area contributed by atoms with E-state index in [0.29, 0.717) is 0 Å². The van der Waals surface area contributed by atoms with Gasteiger partial charge in [-0.1, -0.05) is 6.07 Å². The van der Waals surface area contributed by atoms with Gasteiger partial charge in [0, 0.05) is 0 Å². The van der Waals surface area contributed by atoms with Crippen molar-refractivity contribution in [3.05, 3.63) is 29.8 Å². The number of halogens is 4. The Morgan fingerprint density at radius 3 is 2.24 bits per heavy atom. The quantitative estimate of drug-likeness (QED) is 0.825. The molecule has 0 radical (unpaired) electrons. The Hall–Kier alpha value is -0.870. The van der Waals surface area contributed by atoms with Crippen LogP contribution in [0.1, 0.15) is 13.3 Å². The Morgan fingerprint density at radius 2 is 1.82 bits per heavy atom. The predicted molar refractivity (Wildman–Crippen MR) is 62.1 cm³/mol. The maximum atomic E-state index is 13.3. The molecular formula is C11H9Cl2F2NO. The van der Waals surface area contributed by atoms with Crippen LogP contribution in [-0.2, 0) is 4.79 Å². The molecule has 0 spiro atoms. The van der Waals surface area contributed by atoms with Crippen LogP contribution in [0, 0.1) is 17.0 Å². The number of nitrogens with one attached hydrogen (secondary N) is 1. The minimum Gasteiger partial charge on any atom is -0.321 e. The summed E-state index contributed by atoms with van der Waals surface area (Å²) in [5.74, 6) is -2.26. The van der Waals surface area contributed by atoms with E-state index in [1.165, 1.54) is 6.07 Å². The standard InChI is InChI=1S/C11H9Cl2F2NO/c1-10(5-11(10,12)13)9(17)16-8-6(14)3-2-4-7(8)15/h2-4H,5H2,1H3,(H,16,17)/t10-/m0/s1. The van der Waals surface area contributed by atoms with E-state index >= 15 is 0 Å². The van der Waals surface area contributed by atoms with Gasteiger partial charge in [0.15, 0.2) is 0 Å². The van der Waals surface area contributed by atoms with Gasteiger partial charge >= 0.3 is 0 Å². The Labute approximate surface area is 107 Å². The first-order chi connectivity index (χ1) is 7.78. The van der Waals surface area contributed by atoms with Crippen LogP contribution in [0.3, 0.4) is 0 Å². The normalized spacial score (nSPS) is 25.5. The molecule has 92 valence electrons. The van der Waals surface area contributed by atoms with Gasteiger partial charge < -0.3 is 5.32 Å². The molecule has 1 saturated carbocycles. The first kappa shape index (κ1) is 12.6. The van der Waals surface area contributed by atoms with Gasteiger partial charge in [0.05, 0.1) is 5.41 Å². The summed E-state index contributed by atoms with van der Waals surface area (Å²) in [6, 6.07) is 3.33. The fraction of sp³-hybridized carbons (Fsp3) is 0.364. The lowest BCUT2D eigenvalue weighted by atomic mass is 10.1. The largest absolute Gasteiger partial charge is 0.321 e. The fourth-order valence-electron chi connectivity index (χ4n) is 1.51. The molecule has 0 heterocycles. The highest BCUT2D eigenvalue weighted by atomic mass is 35.5. The first-order valence-corrected chi connectivity index (χ1v) is 5.67. The highest BCUT2D eigenvalue weighted by molar-refractivity contribution is 6.53. The summed E-state index contributed by atoms with van der Waals surface area (Å²) in [6.07, 6.45) is 0.255. The van der Waals surface area contributed by atoms with Crippen LogP contribution in [0.2, 0.25) is 0 Å². The van der Waals surface area contributed by atoms with E-state index in [-0.39, 0.29) is 6.42 Å². The third-order valence-corrected chi connectivity index (χ3v) is 4.06. The summed E-state index contributed by atoms with van der Waals surface area (Å²) in [4.78, 5) is 11.8. The van der Waals surface area contributed by atoms with Crippen LogP contribution >= 0.6 is 23.2 Å². The molecule has 0 aromatic heterocycles. The minimum atomic E-state index is -1.17. The lowest BCUT2D eigenvalue weighted by Crippen LogP contribution is -2.26. The maximum absolute atomic E-state index is 13.3. The second kappa shape index (κ2) is 3.82. The highest BCUT2D eigenvalue weighted by Crippen LogP contribution is 2.64. The third-order valence-electron chi connectivity index (χ3n) is 2.96. The molecule has 0 unspecified atom stereocenters. The van der Waals surface area contributed by atoms with Gasteiger partial charge in [0.25, 0.3) is 0 Å². The molecule has 0 aliphatic heterocycles. The van der Waals surface area contributed by atoms with Crippen LogP contribution in [0.4, 0.5) is 14.5 Å². The Bertz CT molecular complexity index is 472. The SMILES string of the molecule is C[C@@]1(C(=O)Nc2c(F)cccc2F)CC1(Cl)Cl. The molecule has 6 heteroatoms. The van der Waals surface area contributed by atoms with Crippen molar-refractivity contribution in [2.75, 3.05) is 5.32 Å². The second-order valence-electron chi connectivity index (χ2n) is 4.26. The van der Waals surface area contributed by atoms with Gasteiger partial charge in [-0.2, -0.15) is 0 Å². The van der Waals surface area contributed by atoms with Gasteiger partial charge in [-0.3, -0.25) is 4.79 Å². The van der Waals surface area contributed by atoms with E-state index in [0.717, 1.165) is 12.1 Å². The molecular weight excluding hydrogens is 271 g/mol. The van der Waals surface area contributed by atoms with Crippen molar-refractivity contribution >= 4 is 34.8 Å². The summed E-state index contributed by atoms with van der Waals surface area (Å²) in [5, 5.41) is 2.18. The van der Waals surface area contributed by atoms with E-state index in [1.54, 1.807) is 6.92 Å². The molecule has 2 rings (SSSR count). The predicted octanol–water partition coefficient (Wildman–Crippen LogP) is 3.49. The molecule has 1 aromatic rings. The van der Waals surface area contributed by atoms with Crippen molar-refractivity contribution in [1.29, 1.82) is 0 Å². The van der Waals surface area contributed by atoms with Crippen LogP contribution in [0.25, 0.3) is 0 Å². The second-order valence-corrected chi connectivity index (χ2v) is 5.75.